The van der Waals surface area contributed by atoms with Crippen LogP contribution in [0.5, 0.6) is 0 Å². The highest BCUT2D eigenvalue weighted by Gasteiger charge is 2.22. The number of likely N-dealkylation sites (tertiary alicyclic amines) is 1. The molecule has 0 N–H and O–H groups in total. The SMILES string of the molecule is CCCCCCCCCC(=O)N1CCC(Cc2ccccc2)CC1. The van der Waals surface area contributed by atoms with Crippen LogP contribution in [0.1, 0.15) is 76.7 Å². The van der Waals surface area contributed by atoms with E-state index in [0.29, 0.717) is 5.91 Å². The zero-order chi connectivity index (χ0) is 17.0. The van der Waals surface area contributed by atoms with E-state index < -0.39 is 0 Å². The molecule has 0 aromatic heterocycles. The molecule has 1 aromatic carbocycles. The molecule has 2 nitrogen and oxygen atoms in total. The van der Waals surface area contributed by atoms with Crippen LogP contribution < -0.4 is 0 Å². The second kappa shape index (κ2) is 11.3. The lowest BCUT2D eigenvalue weighted by Crippen LogP contribution is -2.38. The topological polar surface area (TPSA) is 20.3 Å². The number of hydrogen-bond donors (Lipinski definition) is 0. The molecular weight excluding hydrogens is 294 g/mol. The summed E-state index contributed by atoms with van der Waals surface area (Å²) < 4.78 is 0. The first-order valence-corrected chi connectivity index (χ1v) is 10.1. The molecule has 0 unspecified atom stereocenters. The molecule has 134 valence electrons. The average Bonchev–Trinajstić information content (AvgIpc) is 2.62. The summed E-state index contributed by atoms with van der Waals surface area (Å²) in [6, 6.07) is 10.8. The van der Waals surface area contributed by atoms with E-state index in [2.05, 4.69) is 42.2 Å². The van der Waals surface area contributed by atoms with Crippen molar-refractivity contribution >= 4 is 5.91 Å². The monoisotopic (exact) mass is 329 g/mol. The number of rotatable bonds is 10. The number of carbonyl (C=O) groups excluding carboxylic acids is 1. The molecule has 24 heavy (non-hydrogen) atoms. The quantitative estimate of drug-likeness (QED) is 0.511. The van der Waals surface area contributed by atoms with Gasteiger partial charge in [-0.1, -0.05) is 75.8 Å². The Morgan fingerprint density at radius 1 is 0.958 bits per heavy atom. The molecule has 1 heterocycles. The van der Waals surface area contributed by atoms with Crippen LogP contribution in [0.25, 0.3) is 0 Å². The molecule has 0 bridgehead atoms. The summed E-state index contributed by atoms with van der Waals surface area (Å²) in [6.45, 7) is 4.18. The molecule has 1 fully saturated rings. The fourth-order valence-corrected chi connectivity index (χ4v) is 3.73. The van der Waals surface area contributed by atoms with Crippen LogP contribution in [-0.4, -0.2) is 23.9 Å². The number of hydrogen-bond acceptors (Lipinski definition) is 1. The molecule has 0 spiro atoms. The normalized spacial score (nSPS) is 15.6. The summed E-state index contributed by atoms with van der Waals surface area (Å²) in [4.78, 5) is 14.4. The Labute approximate surface area is 148 Å². The number of benzene rings is 1. The molecule has 1 saturated heterocycles. The third kappa shape index (κ3) is 7.07. The maximum Gasteiger partial charge on any atom is 0.222 e. The first-order valence-electron chi connectivity index (χ1n) is 10.1. The maximum atomic E-state index is 12.3. The zero-order valence-corrected chi connectivity index (χ0v) is 15.5. The highest BCUT2D eigenvalue weighted by molar-refractivity contribution is 5.76. The number of unbranched alkanes of at least 4 members (excludes halogenated alkanes) is 6. The summed E-state index contributed by atoms with van der Waals surface area (Å²) in [6.07, 6.45) is 13.2. The van der Waals surface area contributed by atoms with Crippen LogP contribution in [0.2, 0.25) is 0 Å². The predicted molar refractivity (Wildman–Crippen MR) is 102 cm³/mol. The van der Waals surface area contributed by atoms with Crippen molar-refractivity contribution in [2.45, 2.75) is 77.6 Å². The van der Waals surface area contributed by atoms with E-state index in [4.69, 9.17) is 0 Å². The van der Waals surface area contributed by atoms with Gasteiger partial charge in [0.2, 0.25) is 5.91 Å². The largest absolute Gasteiger partial charge is 0.343 e. The van der Waals surface area contributed by atoms with Gasteiger partial charge in [0.1, 0.15) is 0 Å². The van der Waals surface area contributed by atoms with Gasteiger partial charge in [-0.2, -0.15) is 0 Å². The van der Waals surface area contributed by atoms with Gasteiger partial charge < -0.3 is 4.90 Å². The second-order valence-corrected chi connectivity index (χ2v) is 7.39. The zero-order valence-electron chi connectivity index (χ0n) is 15.5. The van der Waals surface area contributed by atoms with E-state index >= 15 is 0 Å². The van der Waals surface area contributed by atoms with Crippen molar-refractivity contribution in [1.29, 1.82) is 0 Å². The van der Waals surface area contributed by atoms with E-state index in [1.807, 2.05) is 0 Å². The van der Waals surface area contributed by atoms with Gasteiger partial charge in [0, 0.05) is 19.5 Å². The van der Waals surface area contributed by atoms with Gasteiger partial charge in [-0.05, 0) is 37.2 Å². The minimum absolute atomic E-state index is 0.390. The molecule has 1 aliphatic heterocycles. The van der Waals surface area contributed by atoms with Crippen molar-refractivity contribution in [2.24, 2.45) is 5.92 Å². The van der Waals surface area contributed by atoms with E-state index in [-0.39, 0.29) is 0 Å². The van der Waals surface area contributed by atoms with Crippen LogP contribution in [0.3, 0.4) is 0 Å². The summed E-state index contributed by atoms with van der Waals surface area (Å²) in [5.74, 6) is 1.14. The third-order valence-corrected chi connectivity index (χ3v) is 5.33. The first kappa shape index (κ1) is 19.0. The lowest BCUT2D eigenvalue weighted by molar-refractivity contribution is -0.132. The lowest BCUT2D eigenvalue weighted by Gasteiger charge is -2.32. The van der Waals surface area contributed by atoms with Gasteiger partial charge in [-0.3, -0.25) is 4.79 Å². The smallest absolute Gasteiger partial charge is 0.222 e. The van der Waals surface area contributed by atoms with Crippen molar-refractivity contribution in [3.05, 3.63) is 35.9 Å². The van der Waals surface area contributed by atoms with Crippen molar-refractivity contribution in [1.82, 2.24) is 4.90 Å². The minimum atomic E-state index is 0.390. The van der Waals surface area contributed by atoms with Gasteiger partial charge >= 0.3 is 0 Å². The molecular formula is C22H35NO. The molecule has 1 aliphatic rings. The predicted octanol–water partition coefficient (Wildman–Crippen LogP) is 5.61. The van der Waals surface area contributed by atoms with Gasteiger partial charge in [-0.15, -0.1) is 0 Å². The average molecular weight is 330 g/mol. The highest BCUT2D eigenvalue weighted by Crippen LogP contribution is 2.22. The van der Waals surface area contributed by atoms with Crippen LogP contribution in [0.15, 0.2) is 30.3 Å². The summed E-state index contributed by atoms with van der Waals surface area (Å²) >= 11 is 0. The maximum absolute atomic E-state index is 12.3. The second-order valence-electron chi connectivity index (χ2n) is 7.39. The Bertz CT molecular complexity index is 448. The van der Waals surface area contributed by atoms with E-state index in [0.717, 1.165) is 44.7 Å². The van der Waals surface area contributed by atoms with Crippen molar-refractivity contribution < 1.29 is 4.79 Å². The Hall–Kier alpha value is -1.31. The Balaban J connectivity index is 1.55. The fourth-order valence-electron chi connectivity index (χ4n) is 3.73. The molecule has 2 rings (SSSR count). The van der Waals surface area contributed by atoms with Crippen LogP contribution in [-0.2, 0) is 11.2 Å². The summed E-state index contributed by atoms with van der Waals surface area (Å²) in [7, 11) is 0. The molecule has 0 atom stereocenters. The Morgan fingerprint density at radius 2 is 1.58 bits per heavy atom. The Kier molecular flexibility index (Phi) is 8.94. The van der Waals surface area contributed by atoms with Gasteiger partial charge in [0.05, 0.1) is 0 Å². The van der Waals surface area contributed by atoms with E-state index in [9.17, 15) is 4.79 Å². The fraction of sp³-hybridized carbons (Fsp3) is 0.682. The van der Waals surface area contributed by atoms with E-state index in [1.54, 1.807) is 0 Å². The lowest BCUT2D eigenvalue weighted by atomic mass is 9.90. The summed E-state index contributed by atoms with van der Waals surface area (Å²) in [5, 5.41) is 0. The Morgan fingerprint density at radius 3 is 2.25 bits per heavy atom. The highest BCUT2D eigenvalue weighted by atomic mass is 16.2. The van der Waals surface area contributed by atoms with E-state index in [1.165, 1.54) is 50.5 Å². The number of nitrogens with zero attached hydrogens (tertiary/aromatic N) is 1. The van der Waals surface area contributed by atoms with Crippen molar-refractivity contribution in [3.8, 4) is 0 Å². The summed E-state index contributed by atoms with van der Waals surface area (Å²) in [5.41, 5.74) is 1.44. The molecule has 0 aliphatic carbocycles. The number of carbonyl (C=O) groups is 1. The molecule has 0 radical (unpaired) electrons. The van der Waals surface area contributed by atoms with Crippen molar-refractivity contribution in [2.75, 3.05) is 13.1 Å². The van der Waals surface area contributed by atoms with Crippen LogP contribution in [0.4, 0.5) is 0 Å². The molecule has 2 heteroatoms. The standard InChI is InChI=1S/C22H35NO/c1-2-3-4-5-6-7-11-14-22(24)23-17-15-21(16-18-23)19-20-12-9-8-10-13-20/h8-10,12-13,21H,2-7,11,14-19H2,1H3. The van der Waals surface area contributed by atoms with Crippen LogP contribution >= 0.6 is 0 Å². The van der Waals surface area contributed by atoms with Gasteiger partial charge in [0.15, 0.2) is 0 Å². The van der Waals surface area contributed by atoms with Crippen molar-refractivity contribution in [3.63, 3.8) is 0 Å². The molecule has 1 amide bonds. The number of amides is 1. The van der Waals surface area contributed by atoms with Gasteiger partial charge in [0.25, 0.3) is 0 Å². The molecule has 0 saturated carbocycles. The van der Waals surface area contributed by atoms with Gasteiger partial charge in [-0.25, -0.2) is 0 Å². The molecule has 1 aromatic rings. The first-order chi connectivity index (χ1) is 11.8. The minimum Gasteiger partial charge on any atom is -0.343 e. The third-order valence-electron chi connectivity index (χ3n) is 5.33. The number of piperidine rings is 1. The van der Waals surface area contributed by atoms with Crippen LogP contribution in [0, 0.1) is 5.92 Å².